The van der Waals surface area contributed by atoms with Crippen molar-refractivity contribution in [2.24, 2.45) is 0 Å². The first-order valence-corrected chi connectivity index (χ1v) is 7.17. The fraction of sp³-hybridized carbons (Fsp3) is 0.571. The van der Waals surface area contributed by atoms with Crippen LogP contribution in [0.1, 0.15) is 19.4 Å². The van der Waals surface area contributed by atoms with Crippen LogP contribution in [0.4, 0.5) is 0 Å². The van der Waals surface area contributed by atoms with Crippen molar-refractivity contribution in [3.63, 3.8) is 0 Å². The summed E-state index contributed by atoms with van der Waals surface area (Å²) in [5.74, 6) is 1.48. The van der Waals surface area contributed by atoms with E-state index in [1.807, 2.05) is 33.0 Å². The summed E-state index contributed by atoms with van der Waals surface area (Å²) in [5.41, 5.74) is 1.14. The Kier molecular flexibility index (Phi) is 7.20. The summed E-state index contributed by atoms with van der Waals surface area (Å²) in [5, 5.41) is 3.12. The average molecular weight is 332 g/mol. The third kappa shape index (κ3) is 5.01. The van der Waals surface area contributed by atoms with Gasteiger partial charge < -0.3 is 19.5 Å². The lowest BCUT2D eigenvalue weighted by atomic mass is 10.2. The van der Waals surface area contributed by atoms with Gasteiger partial charge in [-0.05, 0) is 54.5 Å². The summed E-state index contributed by atoms with van der Waals surface area (Å²) in [6, 6.07) is 4.03. The highest BCUT2D eigenvalue weighted by Crippen LogP contribution is 2.37. The zero-order valence-corrected chi connectivity index (χ0v) is 13.5. The van der Waals surface area contributed by atoms with Gasteiger partial charge in [-0.1, -0.05) is 0 Å². The number of nitrogens with one attached hydrogen (secondary N) is 1. The smallest absolute Gasteiger partial charge is 0.175 e. The SMILES string of the molecule is CCOc1cc(CNC)cc(Br)c1OCC(C)OC. The van der Waals surface area contributed by atoms with Crippen LogP contribution in [-0.2, 0) is 11.3 Å². The summed E-state index contributed by atoms with van der Waals surface area (Å²) in [7, 11) is 3.58. The van der Waals surface area contributed by atoms with Crippen molar-refractivity contribution in [3.8, 4) is 11.5 Å². The van der Waals surface area contributed by atoms with Gasteiger partial charge in [-0.2, -0.15) is 0 Å². The summed E-state index contributed by atoms with van der Waals surface area (Å²) < 4.78 is 17.5. The topological polar surface area (TPSA) is 39.7 Å². The monoisotopic (exact) mass is 331 g/mol. The number of hydrogen-bond donors (Lipinski definition) is 1. The summed E-state index contributed by atoms with van der Waals surface area (Å²) in [6.45, 7) is 5.80. The predicted molar refractivity (Wildman–Crippen MR) is 80.0 cm³/mol. The highest BCUT2D eigenvalue weighted by Gasteiger charge is 2.13. The van der Waals surface area contributed by atoms with Gasteiger partial charge in [0, 0.05) is 13.7 Å². The molecular formula is C14H22BrNO3. The molecule has 0 aliphatic carbocycles. The van der Waals surface area contributed by atoms with Crippen molar-refractivity contribution >= 4 is 15.9 Å². The second kappa shape index (κ2) is 8.40. The van der Waals surface area contributed by atoms with Crippen LogP contribution in [0.25, 0.3) is 0 Å². The van der Waals surface area contributed by atoms with E-state index in [2.05, 4.69) is 21.2 Å². The second-order valence-electron chi connectivity index (χ2n) is 4.23. The van der Waals surface area contributed by atoms with Crippen LogP contribution in [0.15, 0.2) is 16.6 Å². The zero-order valence-electron chi connectivity index (χ0n) is 12.0. The number of halogens is 1. The molecular weight excluding hydrogens is 310 g/mol. The predicted octanol–water partition coefficient (Wildman–Crippen LogP) is 2.98. The van der Waals surface area contributed by atoms with E-state index in [9.17, 15) is 0 Å². The molecule has 0 heterocycles. The van der Waals surface area contributed by atoms with Gasteiger partial charge in [0.15, 0.2) is 11.5 Å². The molecule has 1 aromatic carbocycles. The third-order valence-electron chi connectivity index (χ3n) is 2.61. The number of benzene rings is 1. The molecule has 0 saturated carbocycles. The Hall–Kier alpha value is -0.780. The molecule has 1 unspecified atom stereocenters. The Morgan fingerprint density at radius 3 is 2.63 bits per heavy atom. The van der Waals surface area contributed by atoms with E-state index in [-0.39, 0.29) is 6.10 Å². The van der Waals surface area contributed by atoms with Crippen LogP contribution in [0, 0.1) is 0 Å². The first kappa shape index (κ1) is 16.3. The van der Waals surface area contributed by atoms with E-state index in [4.69, 9.17) is 14.2 Å². The molecule has 0 aromatic heterocycles. The maximum atomic E-state index is 5.79. The van der Waals surface area contributed by atoms with Crippen LogP contribution in [0.2, 0.25) is 0 Å². The van der Waals surface area contributed by atoms with E-state index in [1.54, 1.807) is 7.11 Å². The van der Waals surface area contributed by atoms with Crippen LogP contribution in [0.5, 0.6) is 11.5 Å². The molecule has 1 rings (SSSR count). The van der Waals surface area contributed by atoms with Crippen molar-refractivity contribution in [2.45, 2.75) is 26.5 Å². The van der Waals surface area contributed by atoms with E-state index < -0.39 is 0 Å². The van der Waals surface area contributed by atoms with E-state index in [0.717, 1.165) is 28.1 Å². The van der Waals surface area contributed by atoms with Crippen LogP contribution < -0.4 is 14.8 Å². The maximum absolute atomic E-state index is 5.79. The summed E-state index contributed by atoms with van der Waals surface area (Å²) in [6.07, 6.45) is 0.0401. The summed E-state index contributed by atoms with van der Waals surface area (Å²) >= 11 is 3.54. The quantitative estimate of drug-likeness (QED) is 0.794. The van der Waals surface area contributed by atoms with Crippen molar-refractivity contribution in [3.05, 3.63) is 22.2 Å². The zero-order chi connectivity index (χ0) is 14.3. The van der Waals surface area contributed by atoms with Gasteiger partial charge in [0.2, 0.25) is 0 Å². The lowest BCUT2D eigenvalue weighted by Gasteiger charge is -2.17. The molecule has 0 bridgehead atoms. The number of hydrogen-bond acceptors (Lipinski definition) is 4. The van der Waals surface area contributed by atoms with Crippen LogP contribution in [0.3, 0.4) is 0 Å². The number of rotatable bonds is 8. The van der Waals surface area contributed by atoms with Crippen molar-refractivity contribution < 1.29 is 14.2 Å². The molecule has 0 aliphatic rings. The molecule has 19 heavy (non-hydrogen) atoms. The lowest BCUT2D eigenvalue weighted by Crippen LogP contribution is -2.16. The van der Waals surface area contributed by atoms with E-state index in [0.29, 0.717) is 13.2 Å². The molecule has 0 spiro atoms. The summed E-state index contributed by atoms with van der Waals surface area (Å²) in [4.78, 5) is 0. The normalized spacial score (nSPS) is 12.3. The van der Waals surface area contributed by atoms with E-state index in [1.165, 1.54) is 0 Å². The average Bonchev–Trinajstić information content (AvgIpc) is 2.38. The van der Waals surface area contributed by atoms with Gasteiger partial charge >= 0.3 is 0 Å². The van der Waals surface area contributed by atoms with Crippen molar-refractivity contribution in [2.75, 3.05) is 27.4 Å². The Balaban J connectivity index is 2.93. The Morgan fingerprint density at radius 1 is 1.32 bits per heavy atom. The van der Waals surface area contributed by atoms with Crippen LogP contribution in [-0.4, -0.2) is 33.5 Å². The van der Waals surface area contributed by atoms with Crippen LogP contribution >= 0.6 is 15.9 Å². The number of methoxy groups -OCH3 is 1. The lowest BCUT2D eigenvalue weighted by molar-refractivity contribution is 0.0700. The van der Waals surface area contributed by atoms with Gasteiger partial charge in [0.1, 0.15) is 6.61 Å². The third-order valence-corrected chi connectivity index (χ3v) is 3.20. The van der Waals surface area contributed by atoms with Gasteiger partial charge in [0.25, 0.3) is 0 Å². The molecule has 1 aromatic rings. The minimum absolute atomic E-state index is 0.0401. The molecule has 108 valence electrons. The van der Waals surface area contributed by atoms with Gasteiger partial charge in [-0.25, -0.2) is 0 Å². The Morgan fingerprint density at radius 2 is 2.05 bits per heavy atom. The minimum Gasteiger partial charge on any atom is -0.490 e. The fourth-order valence-electron chi connectivity index (χ4n) is 1.60. The van der Waals surface area contributed by atoms with Crippen molar-refractivity contribution in [1.29, 1.82) is 0 Å². The highest BCUT2D eigenvalue weighted by atomic mass is 79.9. The van der Waals surface area contributed by atoms with Gasteiger partial charge in [-0.15, -0.1) is 0 Å². The van der Waals surface area contributed by atoms with Crippen molar-refractivity contribution in [1.82, 2.24) is 5.32 Å². The largest absolute Gasteiger partial charge is 0.490 e. The van der Waals surface area contributed by atoms with Gasteiger partial charge in [-0.3, -0.25) is 0 Å². The fourth-order valence-corrected chi connectivity index (χ4v) is 2.20. The Bertz CT molecular complexity index is 399. The molecule has 0 fully saturated rings. The molecule has 0 amide bonds. The highest BCUT2D eigenvalue weighted by molar-refractivity contribution is 9.10. The minimum atomic E-state index is 0.0401. The second-order valence-corrected chi connectivity index (χ2v) is 5.08. The van der Waals surface area contributed by atoms with Gasteiger partial charge in [0.05, 0.1) is 17.2 Å². The van der Waals surface area contributed by atoms with E-state index >= 15 is 0 Å². The molecule has 1 N–H and O–H groups in total. The molecule has 4 nitrogen and oxygen atoms in total. The maximum Gasteiger partial charge on any atom is 0.175 e. The molecule has 0 radical (unpaired) electrons. The standard InChI is InChI=1S/C14H22BrNO3/c1-5-18-13-7-11(8-16-3)6-12(15)14(13)19-9-10(2)17-4/h6-7,10,16H,5,8-9H2,1-4H3. The number of ether oxygens (including phenoxy) is 3. The molecule has 5 heteroatoms. The first-order chi connectivity index (χ1) is 9.12. The first-order valence-electron chi connectivity index (χ1n) is 6.37. The molecule has 1 atom stereocenters. The Labute approximate surface area is 123 Å². The molecule has 0 saturated heterocycles. The molecule has 0 aliphatic heterocycles.